The zero-order chi connectivity index (χ0) is 25.3. The molecule has 2 aliphatic rings. The number of nitrogen functional groups attached to an aromatic ring is 1. The lowest BCUT2D eigenvalue weighted by atomic mass is 10.2. The number of nitrogens with two attached hydrogens (primary N) is 1. The lowest BCUT2D eigenvalue weighted by Crippen LogP contribution is -2.42. The van der Waals surface area contributed by atoms with E-state index >= 15 is 0 Å². The highest BCUT2D eigenvalue weighted by Gasteiger charge is 2.44. The molecule has 2 aliphatic carbocycles. The van der Waals surface area contributed by atoms with Crippen molar-refractivity contribution in [1.29, 1.82) is 0 Å². The number of rotatable bonds is 13. The Kier molecular flexibility index (Phi) is 7.44. The molecule has 4 rings (SSSR count). The van der Waals surface area contributed by atoms with Gasteiger partial charge in [0.1, 0.15) is 24.2 Å². The van der Waals surface area contributed by atoms with Crippen LogP contribution in [0.1, 0.15) is 53.4 Å². The lowest BCUT2D eigenvalue weighted by Gasteiger charge is -2.35. The van der Waals surface area contributed by atoms with Crippen LogP contribution in [0, 0.1) is 11.8 Å². The predicted molar refractivity (Wildman–Crippen MR) is 131 cm³/mol. The van der Waals surface area contributed by atoms with Crippen molar-refractivity contribution >= 4 is 36.2 Å². The van der Waals surface area contributed by atoms with E-state index in [1.807, 2.05) is 6.92 Å². The number of imidazole rings is 1. The van der Waals surface area contributed by atoms with Gasteiger partial charge in [0, 0.05) is 17.9 Å². The van der Waals surface area contributed by atoms with E-state index in [-0.39, 0.29) is 18.2 Å². The number of aliphatic carboxylic acids is 1. The largest absolute Gasteiger partial charge is 0.480 e. The van der Waals surface area contributed by atoms with Gasteiger partial charge in [0.2, 0.25) is 0 Å². The van der Waals surface area contributed by atoms with Gasteiger partial charge in [0.05, 0.1) is 24.7 Å². The fourth-order valence-electron chi connectivity index (χ4n) is 4.24. The van der Waals surface area contributed by atoms with E-state index in [4.69, 9.17) is 15.1 Å². The third kappa shape index (κ3) is 5.82. The van der Waals surface area contributed by atoms with Gasteiger partial charge >= 0.3 is 13.5 Å². The number of carboxylic acids is 1. The minimum absolute atomic E-state index is 0.287. The molecule has 12 nitrogen and oxygen atoms in total. The van der Waals surface area contributed by atoms with Crippen molar-refractivity contribution in [1.82, 2.24) is 24.2 Å². The van der Waals surface area contributed by atoms with Crippen LogP contribution in [0.5, 0.6) is 0 Å². The summed E-state index contributed by atoms with van der Waals surface area (Å²) in [7, 11) is -3.80. The van der Waals surface area contributed by atoms with E-state index < -0.39 is 25.6 Å². The number of ether oxygens (including phenoxy) is 1. The Balaban J connectivity index is 1.53. The summed E-state index contributed by atoms with van der Waals surface area (Å²) in [5.74, 6) is -0.0463. The molecule has 2 aromatic rings. The molecule has 2 heterocycles. The fourth-order valence-corrected chi connectivity index (χ4v) is 6.50. The molecule has 0 radical (unpaired) electrons. The van der Waals surface area contributed by atoms with Crippen LogP contribution in [-0.2, 0) is 25.3 Å². The highest BCUT2D eigenvalue weighted by Crippen LogP contribution is 2.55. The molecule has 0 amide bonds. The Morgan fingerprint density at radius 2 is 1.89 bits per heavy atom. The maximum atomic E-state index is 14.2. The van der Waals surface area contributed by atoms with Crippen molar-refractivity contribution in [2.45, 2.75) is 78.1 Å². The standard InChI is InChI=1S/C22H34N7O5P/c1-13(2)29(15(4)22(30)31)35(32,34-27-18(16-5-6-16)17-7-8-17)12-33-14(3)9-28-11-26-19-20(23)24-10-25-21(19)28/h10-11,13-17H,5-9,12H2,1-4H3,(H,30,31)(H2,23,24,25)/t14-,15+,35?/m1/s1. The number of carbonyl (C=O) groups is 1. The number of hydrogen-bond donors (Lipinski definition) is 2. The molecule has 0 aromatic carbocycles. The first kappa shape index (κ1) is 25.5. The van der Waals surface area contributed by atoms with Gasteiger partial charge in [0.25, 0.3) is 0 Å². The number of hydrogen-bond acceptors (Lipinski definition) is 9. The van der Waals surface area contributed by atoms with Crippen molar-refractivity contribution in [3.05, 3.63) is 12.7 Å². The number of aromatic nitrogens is 4. The summed E-state index contributed by atoms with van der Waals surface area (Å²) in [5.41, 5.74) is 7.88. The molecular weight excluding hydrogens is 473 g/mol. The van der Waals surface area contributed by atoms with Gasteiger partial charge in [-0.15, -0.1) is 0 Å². The molecule has 2 fully saturated rings. The zero-order valence-electron chi connectivity index (χ0n) is 20.6. The Labute approximate surface area is 204 Å². The van der Waals surface area contributed by atoms with E-state index in [0.29, 0.717) is 29.5 Å². The van der Waals surface area contributed by atoms with E-state index in [1.54, 1.807) is 24.7 Å². The predicted octanol–water partition coefficient (Wildman–Crippen LogP) is 3.34. The van der Waals surface area contributed by atoms with Gasteiger partial charge in [0.15, 0.2) is 11.5 Å². The van der Waals surface area contributed by atoms with Gasteiger partial charge < -0.3 is 24.8 Å². The molecule has 3 N–H and O–H groups in total. The van der Waals surface area contributed by atoms with Crippen LogP contribution < -0.4 is 5.73 Å². The molecule has 0 saturated heterocycles. The monoisotopic (exact) mass is 507 g/mol. The molecule has 0 aliphatic heterocycles. The summed E-state index contributed by atoms with van der Waals surface area (Å²) in [6, 6.07) is -1.42. The first-order chi connectivity index (χ1) is 16.6. The van der Waals surface area contributed by atoms with E-state index in [0.717, 1.165) is 31.4 Å². The van der Waals surface area contributed by atoms with Crippen LogP contribution in [0.3, 0.4) is 0 Å². The van der Waals surface area contributed by atoms with Crippen LogP contribution in [0.15, 0.2) is 17.8 Å². The zero-order valence-corrected chi connectivity index (χ0v) is 21.5. The second-order valence-corrected chi connectivity index (χ2v) is 11.9. The van der Waals surface area contributed by atoms with Crippen LogP contribution in [0.2, 0.25) is 0 Å². The molecule has 0 bridgehead atoms. The summed E-state index contributed by atoms with van der Waals surface area (Å²) < 4.78 is 29.1. The number of carboxylic acid groups (broad SMARTS) is 1. The van der Waals surface area contributed by atoms with Gasteiger partial charge in [-0.1, -0.05) is 5.16 Å². The number of nitrogens with zero attached hydrogens (tertiary/aromatic N) is 6. The van der Waals surface area contributed by atoms with Crippen molar-refractivity contribution < 1.29 is 23.8 Å². The Morgan fingerprint density at radius 1 is 1.23 bits per heavy atom. The number of fused-ring (bicyclic) bond motifs is 1. The van der Waals surface area contributed by atoms with Crippen LogP contribution in [0.25, 0.3) is 11.2 Å². The number of oxime groups is 1. The van der Waals surface area contributed by atoms with E-state index in [1.165, 1.54) is 17.9 Å². The summed E-state index contributed by atoms with van der Waals surface area (Å²) in [5, 5.41) is 14.0. The first-order valence-electron chi connectivity index (χ1n) is 12.0. The van der Waals surface area contributed by atoms with Crippen molar-refractivity contribution in [2.75, 3.05) is 12.1 Å². The quantitative estimate of drug-likeness (QED) is 0.234. The normalized spacial score (nSPS) is 19.5. The maximum absolute atomic E-state index is 14.2. The second-order valence-electron chi connectivity index (χ2n) is 9.71. The van der Waals surface area contributed by atoms with Gasteiger partial charge in [-0.3, -0.25) is 9.36 Å². The molecule has 13 heteroatoms. The summed E-state index contributed by atoms with van der Waals surface area (Å²) in [6.07, 6.45) is 6.48. The SMILES string of the molecule is CC(C)N([C@@H](C)C(=O)O)P(=O)(CO[C@H](C)Cn1cnc2c(N)ncnc21)ON=C(C1CC1)C1CC1. The van der Waals surface area contributed by atoms with Crippen LogP contribution in [-0.4, -0.2) is 65.5 Å². The summed E-state index contributed by atoms with van der Waals surface area (Å²) in [6.45, 7) is 7.25. The minimum Gasteiger partial charge on any atom is -0.480 e. The molecular formula is C22H34N7O5P. The van der Waals surface area contributed by atoms with E-state index in [2.05, 4.69) is 20.1 Å². The van der Waals surface area contributed by atoms with Crippen LogP contribution in [0.4, 0.5) is 5.82 Å². The third-order valence-corrected chi connectivity index (χ3v) is 8.63. The average molecular weight is 508 g/mol. The molecule has 35 heavy (non-hydrogen) atoms. The summed E-state index contributed by atoms with van der Waals surface area (Å²) in [4.78, 5) is 24.3. The molecule has 2 aromatic heterocycles. The van der Waals surface area contributed by atoms with Gasteiger partial charge in [-0.25, -0.2) is 19.6 Å². The molecule has 3 atom stereocenters. The average Bonchev–Trinajstić information content (AvgIpc) is 3.73. The molecule has 192 valence electrons. The Bertz CT molecular complexity index is 1130. The number of anilines is 1. The van der Waals surface area contributed by atoms with Gasteiger partial charge in [-0.05, 0) is 53.4 Å². The molecule has 2 saturated carbocycles. The third-order valence-electron chi connectivity index (χ3n) is 6.31. The van der Waals surface area contributed by atoms with Crippen LogP contribution >= 0.6 is 7.52 Å². The van der Waals surface area contributed by atoms with Crippen molar-refractivity contribution in [2.24, 2.45) is 17.0 Å². The minimum atomic E-state index is -3.80. The van der Waals surface area contributed by atoms with E-state index in [9.17, 15) is 14.5 Å². The molecule has 0 spiro atoms. The lowest BCUT2D eigenvalue weighted by molar-refractivity contribution is -0.141. The molecule has 1 unspecified atom stereocenters. The second kappa shape index (κ2) is 10.2. The highest BCUT2D eigenvalue weighted by molar-refractivity contribution is 7.56. The van der Waals surface area contributed by atoms with Crippen molar-refractivity contribution in [3.63, 3.8) is 0 Å². The summed E-state index contributed by atoms with van der Waals surface area (Å²) >= 11 is 0. The highest BCUT2D eigenvalue weighted by atomic mass is 31.2. The maximum Gasteiger partial charge on any atom is 0.367 e. The Morgan fingerprint density at radius 3 is 2.46 bits per heavy atom. The van der Waals surface area contributed by atoms with Crippen molar-refractivity contribution in [3.8, 4) is 0 Å². The van der Waals surface area contributed by atoms with Gasteiger partial charge in [-0.2, -0.15) is 0 Å². The Hall–Kier alpha value is -2.56. The fraction of sp³-hybridized carbons (Fsp3) is 0.682. The smallest absolute Gasteiger partial charge is 0.367 e. The topological polar surface area (TPSA) is 158 Å². The first-order valence-corrected chi connectivity index (χ1v) is 13.8.